The van der Waals surface area contributed by atoms with E-state index in [2.05, 4.69) is 18.7 Å². The first kappa shape index (κ1) is 14.2. The molecule has 1 aromatic rings. The SMILES string of the molecule is CCC(C(=O)c1ccccc1)N(C)C1CCOC1C. The number of hydrogen-bond acceptors (Lipinski definition) is 3. The molecule has 3 unspecified atom stereocenters. The van der Waals surface area contributed by atoms with Crippen molar-refractivity contribution < 1.29 is 9.53 Å². The van der Waals surface area contributed by atoms with Gasteiger partial charge in [-0.15, -0.1) is 0 Å². The largest absolute Gasteiger partial charge is 0.377 e. The van der Waals surface area contributed by atoms with Gasteiger partial charge >= 0.3 is 0 Å². The Morgan fingerprint density at radius 1 is 1.42 bits per heavy atom. The molecule has 1 aliphatic heterocycles. The predicted molar refractivity (Wildman–Crippen MR) is 76.4 cm³/mol. The summed E-state index contributed by atoms with van der Waals surface area (Å²) in [4.78, 5) is 14.8. The molecular weight excluding hydrogens is 238 g/mol. The lowest BCUT2D eigenvalue weighted by atomic mass is 9.98. The number of hydrogen-bond donors (Lipinski definition) is 0. The Kier molecular flexibility index (Phi) is 4.72. The molecule has 1 heterocycles. The number of benzene rings is 1. The molecule has 0 spiro atoms. The summed E-state index contributed by atoms with van der Waals surface area (Å²) in [5, 5.41) is 0. The summed E-state index contributed by atoms with van der Waals surface area (Å²) in [6.45, 7) is 4.96. The summed E-state index contributed by atoms with van der Waals surface area (Å²) in [7, 11) is 2.05. The lowest BCUT2D eigenvalue weighted by molar-refractivity contribution is 0.0568. The Bertz CT molecular complexity index is 418. The Morgan fingerprint density at radius 3 is 2.63 bits per heavy atom. The fraction of sp³-hybridized carbons (Fsp3) is 0.562. The highest BCUT2D eigenvalue weighted by Crippen LogP contribution is 2.22. The maximum Gasteiger partial charge on any atom is 0.179 e. The van der Waals surface area contributed by atoms with E-state index in [4.69, 9.17) is 4.74 Å². The third-order valence-electron chi connectivity index (χ3n) is 4.10. The summed E-state index contributed by atoms with van der Waals surface area (Å²) < 4.78 is 5.61. The minimum atomic E-state index is -0.0588. The van der Waals surface area contributed by atoms with Crippen LogP contribution in [0.1, 0.15) is 37.0 Å². The molecule has 0 radical (unpaired) electrons. The van der Waals surface area contributed by atoms with Gasteiger partial charge in [0.05, 0.1) is 12.1 Å². The van der Waals surface area contributed by atoms with Crippen molar-refractivity contribution in [2.45, 2.75) is 44.9 Å². The van der Waals surface area contributed by atoms with E-state index in [0.717, 1.165) is 25.0 Å². The van der Waals surface area contributed by atoms with Crippen LogP contribution in [0, 0.1) is 0 Å². The van der Waals surface area contributed by atoms with Gasteiger partial charge in [0.15, 0.2) is 5.78 Å². The molecular formula is C16H23NO2. The molecule has 0 bridgehead atoms. The average Bonchev–Trinajstić information content (AvgIpc) is 2.86. The van der Waals surface area contributed by atoms with Crippen LogP contribution < -0.4 is 0 Å². The first-order chi connectivity index (χ1) is 9.15. The molecule has 104 valence electrons. The molecule has 19 heavy (non-hydrogen) atoms. The maximum absolute atomic E-state index is 12.6. The van der Waals surface area contributed by atoms with Gasteiger partial charge < -0.3 is 4.74 Å². The number of carbonyl (C=O) groups is 1. The van der Waals surface area contributed by atoms with E-state index in [1.54, 1.807) is 0 Å². The lowest BCUT2D eigenvalue weighted by Crippen LogP contribution is -2.47. The van der Waals surface area contributed by atoms with Gasteiger partial charge in [-0.2, -0.15) is 0 Å². The van der Waals surface area contributed by atoms with E-state index in [0.29, 0.717) is 6.04 Å². The van der Waals surface area contributed by atoms with Gasteiger partial charge in [0.25, 0.3) is 0 Å². The van der Waals surface area contributed by atoms with Crippen molar-refractivity contribution in [3.05, 3.63) is 35.9 Å². The highest BCUT2D eigenvalue weighted by molar-refractivity contribution is 6.00. The zero-order valence-electron chi connectivity index (χ0n) is 12.0. The van der Waals surface area contributed by atoms with E-state index >= 15 is 0 Å². The highest BCUT2D eigenvalue weighted by atomic mass is 16.5. The predicted octanol–water partition coefficient (Wildman–Crippen LogP) is 2.76. The molecule has 1 aliphatic rings. The van der Waals surface area contributed by atoms with Crippen LogP contribution >= 0.6 is 0 Å². The van der Waals surface area contributed by atoms with Crippen molar-refractivity contribution in [1.82, 2.24) is 4.90 Å². The van der Waals surface area contributed by atoms with Crippen molar-refractivity contribution >= 4 is 5.78 Å². The van der Waals surface area contributed by atoms with Gasteiger partial charge in [0.2, 0.25) is 0 Å². The minimum Gasteiger partial charge on any atom is -0.377 e. The van der Waals surface area contributed by atoms with Gasteiger partial charge in [-0.05, 0) is 26.8 Å². The Balaban J connectivity index is 2.13. The summed E-state index contributed by atoms with van der Waals surface area (Å²) in [5.41, 5.74) is 0.799. The number of Topliss-reactive ketones (excluding diaryl/α,β-unsaturated/α-hetero) is 1. The summed E-state index contributed by atoms with van der Waals surface area (Å²) in [6.07, 6.45) is 2.05. The van der Waals surface area contributed by atoms with E-state index < -0.39 is 0 Å². The van der Waals surface area contributed by atoms with Gasteiger partial charge in [-0.3, -0.25) is 9.69 Å². The van der Waals surface area contributed by atoms with Crippen LogP contribution in [0.2, 0.25) is 0 Å². The molecule has 1 fully saturated rings. The maximum atomic E-state index is 12.6. The van der Waals surface area contributed by atoms with E-state index in [1.807, 2.05) is 37.4 Å². The first-order valence-corrected chi connectivity index (χ1v) is 7.08. The molecule has 0 aliphatic carbocycles. The van der Waals surface area contributed by atoms with Gasteiger partial charge in [0, 0.05) is 18.2 Å². The fourth-order valence-electron chi connectivity index (χ4n) is 2.94. The van der Waals surface area contributed by atoms with Crippen molar-refractivity contribution in [1.29, 1.82) is 0 Å². The van der Waals surface area contributed by atoms with E-state index in [9.17, 15) is 4.79 Å². The third kappa shape index (κ3) is 3.04. The van der Waals surface area contributed by atoms with Crippen LogP contribution in [0.25, 0.3) is 0 Å². The Hall–Kier alpha value is -1.19. The minimum absolute atomic E-state index is 0.0588. The molecule has 1 saturated heterocycles. The van der Waals surface area contributed by atoms with Crippen LogP contribution in [-0.4, -0.2) is 42.5 Å². The fourth-order valence-corrected chi connectivity index (χ4v) is 2.94. The third-order valence-corrected chi connectivity index (χ3v) is 4.10. The smallest absolute Gasteiger partial charge is 0.179 e. The normalized spacial score (nSPS) is 24.6. The molecule has 2 rings (SSSR count). The van der Waals surface area contributed by atoms with E-state index in [-0.39, 0.29) is 17.9 Å². The molecule has 1 aromatic carbocycles. The number of likely N-dealkylation sites (N-methyl/N-ethyl adjacent to an activating group) is 1. The Morgan fingerprint density at radius 2 is 2.11 bits per heavy atom. The lowest BCUT2D eigenvalue weighted by Gasteiger charge is -2.33. The molecule has 3 heteroatoms. The van der Waals surface area contributed by atoms with Crippen molar-refractivity contribution in [3.8, 4) is 0 Å². The van der Waals surface area contributed by atoms with Crippen LogP contribution in [0.5, 0.6) is 0 Å². The summed E-state index contributed by atoms with van der Waals surface area (Å²) >= 11 is 0. The quantitative estimate of drug-likeness (QED) is 0.763. The second-order valence-corrected chi connectivity index (χ2v) is 5.25. The topological polar surface area (TPSA) is 29.5 Å². The molecule has 0 saturated carbocycles. The van der Waals surface area contributed by atoms with Crippen LogP contribution in [0.4, 0.5) is 0 Å². The molecule has 0 aromatic heterocycles. The number of rotatable bonds is 5. The number of ether oxygens (including phenoxy) is 1. The van der Waals surface area contributed by atoms with Gasteiger partial charge in [-0.1, -0.05) is 37.3 Å². The second kappa shape index (κ2) is 6.31. The van der Waals surface area contributed by atoms with Crippen molar-refractivity contribution in [2.24, 2.45) is 0 Å². The second-order valence-electron chi connectivity index (χ2n) is 5.25. The first-order valence-electron chi connectivity index (χ1n) is 7.08. The van der Waals surface area contributed by atoms with Crippen LogP contribution in [-0.2, 0) is 4.74 Å². The highest BCUT2D eigenvalue weighted by Gasteiger charge is 2.34. The molecule has 3 atom stereocenters. The van der Waals surface area contributed by atoms with Crippen molar-refractivity contribution in [3.63, 3.8) is 0 Å². The van der Waals surface area contributed by atoms with Gasteiger partial charge in [0.1, 0.15) is 0 Å². The van der Waals surface area contributed by atoms with Crippen LogP contribution in [0.3, 0.4) is 0 Å². The molecule has 0 amide bonds. The summed E-state index contributed by atoms with van der Waals surface area (Å²) in [6, 6.07) is 9.85. The molecule has 3 nitrogen and oxygen atoms in total. The van der Waals surface area contributed by atoms with E-state index in [1.165, 1.54) is 0 Å². The summed E-state index contributed by atoms with van der Waals surface area (Å²) in [5.74, 6) is 0.213. The average molecular weight is 261 g/mol. The zero-order chi connectivity index (χ0) is 13.8. The van der Waals surface area contributed by atoms with Crippen molar-refractivity contribution in [2.75, 3.05) is 13.7 Å². The monoisotopic (exact) mass is 261 g/mol. The number of carbonyl (C=O) groups excluding carboxylic acids is 1. The van der Waals surface area contributed by atoms with Crippen LogP contribution in [0.15, 0.2) is 30.3 Å². The Labute approximate surface area is 115 Å². The number of nitrogens with zero attached hydrogens (tertiary/aromatic N) is 1. The molecule has 0 N–H and O–H groups in total. The standard InChI is InChI=1S/C16H23NO2/c1-4-14(16(18)13-8-6-5-7-9-13)17(3)15-10-11-19-12(15)2/h5-9,12,14-15H,4,10-11H2,1-3H3. The van der Waals surface area contributed by atoms with Gasteiger partial charge in [-0.25, -0.2) is 0 Å². The number of ketones is 1. The zero-order valence-corrected chi connectivity index (χ0v) is 12.0.